The van der Waals surface area contributed by atoms with Crippen molar-refractivity contribution in [3.8, 4) is 0 Å². The van der Waals surface area contributed by atoms with Crippen molar-refractivity contribution in [3.05, 3.63) is 0 Å². The molecule has 1 atom stereocenters. The summed E-state index contributed by atoms with van der Waals surface area (Å²) in [5, 5.41) is 3.45. The molecule has 0 amide bonds. The van der Waals surface area contributed by atoms with Gasteiger partial charge < -0.3 is 5.32 Å². The van der Waals surface area contributed by atoms with Crippen molar-refractivity contribution in [1.82, 2.24) is 5.32 Å². The molecule has 108 valence electrons. The fourth-order valence-electron chi connectivity index (χ4n) is 3.07. The average molecular weight is 275 g/mol. The van der Waals surface area contributed by atoms with Crippen LogP contribution in [0.1, 0.15) is 59.3 Å². The van der Waals surface area contributed by atoms with Gasteiger partial charge in [-0.1, -0.05) is 32.6 Å². The Labute approximate surface area is 113 Å². The Kier molecular flexibility index (Phi) is 5.66. The minimum Gasteiger partial charge on any atom is -0.312 e. The van der Waals surface area contributed by atoms with Gasteiger partial charge in [-0.05, 0) is 39.2 Å². The summed E-state index contributed by atoms with van der Waals surface area (Å²) >= 11 is 0. The van der Waals surface area contributed by atoms with E-state index in [1.165, 1.54) is 31.9 Å². The highest BCUT2D eigenvalue weighted by atomic mass is 32.2. The first-order valence-corrected chi connectivity index (χ1v) is 9.12. The molecule has 0 aromatic heterocycles. The van der Waals surface area contributed by atoms with Crippen LogP contribution in [0.25, 0.3) is 0 Å². The first-order valence-electron chi connectivity index (χ1n) is 7.23. The monoisotopic (exact) mass is 275 g/mol. The van der Waals surface area contributed by atoms with Crippen LogP contribution in [-0.2, 0) is 9.84 Å². The zero-order valence-electron chi connectivity index (χ0n) is 12.3. The topological polar surface area (TPSA) is 46.2 Å². The molecule has 0 aromatic rings. The first kappa shape index (κ1) is 16.0. The van der Waals surface area contributed by atoms with Crippen LogP contribution < -0.4 is 5.32 Å². The molecular formula is C14H29NO2S. The lowest BCUT2D eigenvalue weighted by atomic mass is 9.84. The Hall–Kier alpha value is -0.0900. The number of hydrogen-bond acceptors (Lipinski definition) is 3. The summed E-state index contributed by atoms with van der Waals surface area (Å²) in [6.07, 6.45) is 8.78. The van der Waals surface area contributed by atoms with Crippen molar-refractivity contribution in [2.24, 2.45) is 5.92 Å². The molecule has 1 N–H and O–H groups in total. The molecule has 3 nitrogen and oxygen atoms in total. The van der Waals surface area contributed by atoms with Gasteiger partial charge in [-0.25, -0.2) is 8.42 Å². The van der Waals surface area contributed by atoms with Crippen LogP contribution >= 0.6 is 0 Å². The van der Waals surface area contributed by atoms with E-state index >= 15 is 0 Å². The van der Waals surface area contributed by atoms with Gasteiger partial charge in [-0.3, -0.25) is 0 Å². The highest BCUT2D eigenvalue weighted by molar-refractivity contribution is 7.92. The smallest absolute Gasteiger partial charge is 0.154 e. The van der Waals surface area contributed by atoms with E-state index in [9.17, 15) is 8.42 Å². The van der Waals surface area contributed by atoms with E-state index in [0.29, 0.717) is 5.92 Å². The predicted molar refractivity (Wildman–Crippen MR) is 77.6 cm³/mol. The Bertz CT molecular complexity index is 341. The summed E-state index contributed by atoms with van der Waals surface area (Å²) in [5.41, 5.74) is 0. The summed E-state index contributed by atoms with van der Waals surface area (Å²) in [6, 6.07) is 0.0793. The maximum absolute atomic E-state index is 12.1. The Morgan fingerprint density at radius 2 is 1.67 bits per heavy atom. The Morgan fingerprint density at radius 3 is 2.06 bits per heavy atom. The van der Waals surface area contributed by atoms with Gasteiger partial charge in [0.2, 0.25) is 0 Å². The van der Waals surface area contributed by atoms with Gasteiger partial charge in [0.15, 0.2) is 9.84 Å². The van der Waals surface area contributed by atoms with E-state index < -0.39 is 14.6 Å². The van der Waals surface area contributed by atoms with Crippen molar-refractivity contribution >= 4 is 9.84 Å². The van der Waals surface area contributed by atoms with Crippen molar-refractivity contribution in [2.45, 2.75) is 70.1 Å². The van der Waals surface area contributed by atoms with Crippen LogP contribution in [0.3, 0.4) is 0 Å². The van der Waals surface area contributed by atoms with Gasteiger partial charge in [-0.2, -0.15) is 0 Å². The van der Waals surface area contributed by atoms with E-state index in [0.717, 1.165) is 19.4 Å². The largest absolute Gasteiger partial charge is 0.312 e. The summed E-state index contributed by atoms with van der Waals surface area (Å²) < 4.78 is 23.4. The molecule has 18 heavy (non-hydrogen) atoms. The summed E-state index contributed by atoms with van der Waals surface area (Å²) in [6.45, 7) is 6.64. The molecule has 0 aliphatic heterocycles. The van der Waals surface area contributed by atoms with Crippen LogP contribution in [0.4, 0.5) is 0 Å². The normalized spacial score (nSPS) is 21.6. The first-order chi connectivity index (χ1) is 8.30. The summed E-state index contributed by atoms with van der Waals surface area (Å²) in [5.74, 6) is 0.497. The molecule has 1 rings (SSSR count). The lowest BCUT2D eigenvalue weighted by molar-refractivity contribution is 0.273. The molecule has 0 spiro atoms. The maximum Gasteiger partial charge on any atom is 0.154 e. The molecule has 0 radical (unpaired) electrons. The van der Waals surface area contributed by atoms with Crippen molar-refractivity contribution in [2.75, 3.05) is 12.8 Å². The zero-order chi connectivity index (χ0) is 13.8. The van der Waals surface area contributed by atoms with Crippen LogP contribution in [0.2, 0.25) is 0 Å². The second-order valence-electron chi connectivity index (χ2n) is 6.16. The van der Waals surface area contributed by atoms with E-state index in [2.05, 4.69) is 12.2 Å². The fourth-order valence-corrected chi connectivity index (χ4v) is 3.81. The SMILES string of the molecule is CCNC(C1CCCCCC1)C(C)(C)S(C)(=O)=O. The molecule has 1 aliphatic carbocycles. The number of rotatable bonds is 5. The van der Waals surface area contributed by atoms with Crippen LogP contribution in [-0.4, -0.2) is 32.0 Å². The van der Waals surface area contributed by atoms with Gasteiger partial charge in [0, 0.05) is 12.3 Å². The second kappa shape index (κ2) is 6.38. The van der Waals surface area contributed by atoms with Crippen LogP contribution in [0.5, 0.6) is 0 Å². The molecule has 1 saturated carbocycles. The van der Waals surface area contributed by atoms with E-state index in [1.54, 1.807) is 0 Å². The molecule has 4 heteroatoms. The van der Waals surface area contributed by atoms with E-state index in [1.807, 2.05) is 13.8 Å². The quantitative estimate of drug-likeness (QED) is 0.785. The van der Waals surface area contributed by atoms with Crippen molar-refractivity contribution in [1.29, 1.82) is 0 Å². The van der Waals surface area contributed by atoms with Gasteiger partial charge in [0.1, 0.15) is 0 Å². The van der Waals surface area contributed by atoms with Crippen LogP contribution in [0.15, 0.2) is 0 Å². The summed E-state index contributed by atoms with van der Waals surface area (Å²) in [4.78, 5) is 0. The third-order valence-electron chi connectivity index (χ3n) is 4.50. The number of nitrogens with one attached hydrogen (secondary N) is 1. The molecule has 0 aromatic carbocycles. The molecule has 0 heterocycles. The van der Waals surface area contributed by atoms with Gasteiger partial charge in [0.05, 0.1) is 4.75 Å². The van der Waals surface area contributed by atoms with E-state index in [-0.39, 0.29) is 6.04 Å². The zero-order valence-corrected chi connectivity index (χ0v) is 13.1. The third-order valence-corrected chi connectivity index (χ3v) is 6.67. The maximum atomic E-state index is 12.1. The van der Waals surface area contributed by atoms with Crippen LogP contribution in [0, 0.1) is 5.92 Å². The molecule has 1 fully saturated rings. The minimum atomic E-state index is -3.05. The fraction of sp³-hybridized carbons (Fsp3) is 1.00. The standard InChI is InChI=1S/C14H29NO2S/c1-5-15-13(14(2,3)18(4,16)17)12-10-8-6-7-9-11-12/h12-13,15H,5-11H2,1-4H3. The lowest BCUT2D eigenvalue weighted by Gasteiger charge is -2.38. The Balaban J connectivity index is 2.93. The predicted octanol–water partition coefficient (Wildman–Crippen LogP) is 2.76. The van der Waals surface area contributed by atoms with Gasteiger partial charge in [0.25, 0.3) is 0 Å². The summed E-state index contributed by atoms with van der Waals surface area (Å²) in [7, 11) is -3.05. The molecule has 0 bridgehead atoms. The molecular weight excluding hydrogens is 246 g/mol. The molecule has 1 aliphatic rings. The highest BCUT2D eigenvalue weighted by Gasteiger charge is 2.42. The molecule has 1 unspecified atom stereocenters. The molecule has 0 saturated heterocycles. The minimum absolute atomic E-state index is 0.0793. The average Bonchev–Trinajstić information content (AvgIpc) is 2.52. The van der Waals surface area contributed by atoms with E-state index in [4.69, 9.17) is 0 Å². The third kappa shape index (κ3) is 3.70. The second-order valence-corrected chi connectivity index (χ2v) is 8.76. The van der Waals surface area contributed by atoms with Crippen molar-refractivity contribution < 1.29 is 8.42 Å². The van der Waals surface area contributed by atoms with Gasteiger partial charge in [-0.15, -0.1) is 0 Å². The Morgan fingerprint density at radius 1 is 1.17 bits per heavy atom. The lowest BCUT2D eigenvalue weighted by Crippen LogP contribution is -2.55. The van der Waals surface area contributed by atoms with Crippen molar-refractivity contribution in [3.63, 3.8) is 0 Å². The number of hydrogen-bond donors (Lipinski definition) is 1. The van der Waals surface area contributed by atoms with Gasteiger partial charge >= 0.3 is 0 Å². The highest BCUT2D eigenvalue weighted by Crippen LogP contribution is 2.33. The number of sulfone groups is 1.